The van der Waals surface area contributed by atoms with Gasteiger partial charge in [-0.3, -0.25) is 4.79 Å². The summed E-state index contributed by atoms with van der Waals surface area (Å²) < 4.78 is 29.6. The molecule has 1 aliphatic rings. The van der Waals surface area contributed by atoms with Crippen LogP contribution in [0, 0.1) is 19.8 Å². The molecule has 32 heavy (non-hydrogen) atoms. The summed E-state index contributed by atoms with van der Waals surface area (Å²) in [6.45, 7) is 4.48. The number of piperidine rings is 1. The predicted molar refractivity (Wildman–Crippen MR) is 129 cm³/mol. The summed E-state index contributed by atoms with van der Waals surface area (Å²) in [7, 11) is -3.63. The first kappa shape index (κ1) is 21.4. The van der Waals surface area contributed by atoms with Crippen molar-refractivity contribution < 1.29 is 13.2 Å². The van der Waals surface area contributed by atoms with Gasteiger partial charge in [-0.2, -0.15) is 4.31 Å². The number of rotatable bonds is 4. The molecular weight excluding hydrogens is 464 g/mol. The lowest BCUT2D eigenvalue weighted by atomic mass is 9.99. The number of sulfonamides is 1. The monoisotopic (exact) mass is 486 g/mol. The highest BCUT2D eigenvalue weighted by Crippen LogP contribution is 2.35. The molecule has 1 saturated heterocycles. The van der Waals surface area contributed by atoms with Crippen molar-refractivity contribution in [2.75, 3.05) is 18.4 Å². The number of hydrogen-bond donors (Lipinski definition) is 1. The number of anilines is 1. The molecule has 0 saturated carbocycles. The second-order valence-corrected chi connectivity index (χ2v) is 12.2. The van der Waals surface area contributed by atoms with E-state index < -0.39 is 15.9 Å². The Morgan fingerprint density at radius 1 is 1.09 bits per heavy atom. The van der Waals surface area contributed by atoms with Crippen molar-refractivity contribution in [2.24, 2.45) is 5.92 Å². The Hall–Kier alpha value is -2.40. The third-order valence-corrected chi connectivity index (χ3v) is 9.47. The predicted octanol–water partition coefficient (Wildman–Crippen LogP) is 4.56. The Labute approximate surface area is 194 Å². The Morgan fingerprint density at radius 3 is 2.66 bits per heavy atom. The summed E-state index contributed by atoms with van der Waals surface area (Å²) in [5.41, 5.74) is 2.71. The molecule has 0 radical (unpaired) electrons. The number of carbonyl (C=O) groups excluding carboxylic acids is 1. The standard InChI is InChI=1S/C22H22N4O3S3/c1-13-5-7-16(8-6-13)32(28,29)26-11-3-4-15(12-26)21(27)25-22-24-17-9-10-18-19(20(17)31-22)23-14(2)30-18/h5-10,15H,3-4,11-12H2,1-2H3,(H,24,25,27). The normalized spacial score (nSPS) is 17.8. The van der Waals surface area contributed by atoms with Crippen molar-refractivity contribution in [3.8, 4) is 0 Å². The van der Waals surface area contributed by atoms with Crippen molar-refractivity contribution in [2.45, 2.75) is 31.6 Å². The van der Waals surface area contributed by atoms with Gasteiger partial charge in [0.05, 0.1) is 30.7 Å². The van der Waals surface area contributed by atoms with E-state index in [2.05, 4.69) is 15.3 Å². The Bertz CT molecular complexity index is 1420. The summed E-state index contributed by atoms with van der Waals surface area (Å²) in [6.07, 6.45) is 1.29. The molecule has 2 aromatic heterocycles. The Balaban J connectivity index is 1.34. The highest BCUT2D eigenvalue weighted by molar-refractivity contribution is 7.89. The van der Waals surface area contributed by atoms with Crippen molar-refractivity contribution in [3.05, 3.63) is 47.0 Å². The molecule has 1 fully saturated rings. The van der Waals surface area contributed by atoms with Crippen molar-refractivity contribution in [1.29, 1.82) is 0 Å². The quantitative estimate of drug-likeness (QED) is 0.456. The van der Waals surface area contributed by atoms with E-state index in [1.807, 2.05) is 26.0 Å². The van der Waals surface area contributed by atoms with Crippen LogP contribution in [0.3, 0.4) is 0 Å². The van der Waals surface area contributed by atoms with Crippen LogP contribution in [-0.4, -0.2) is 41.7 Å². The second-order valence-electron chi connectivity index (χ2n) is 8.02. The van der Waals surface area contributed by atoms with Crippen LogP contribution >= 0.6 is 22.7 Å². The zero-order chi connectivity index (χ0) is 22.5. The first-order valence-corrected chi connectivity index (χ1v) is 13.4. The minimum atomic E-state index is -3.63. The molecule has 0 aliphatic carbocycles. The minimum Gasteiger partial charge on any atom is -0.302 e. The molecule has 1 aliphatic heterocycles. The van der Waals surface area contributed by atoms with Crippen LogP contribution in [0.1, 0.15) is 23.4 Å². The van der Waals surface area contributed by atoms with Crippen molar-refractivity contribution in [1.82, 2.24) is 14.3 Å². The van der Waals surface area contributed by atoms with E-state index in [0.717, 1.165) is 31.0 Å². The number of nitrogens with one attached hydrogen (secondary N) is 1. The van der Waals surface area contributed by atoms with Crippen LogP contribution in [-0.2, 0) is 14.8 Å². The van der Waals surface area contributed by atoms with Gasteiger partial charge in [-0.15, -0.1) is 11.3 Å². The van der Waals surface area contributed by atoms with Crippen LogP contribution in [0.4, 0.5) is 5.13 Å². The van der Waals surface area contributed by atoms with Crippen LogP contribution in [0.5, 0.6) is 0 Å². The number of carbonyl (C=O) groups is 1. The topological polar surface area (TPSA) is 92.3 Å². The van der Waals surface area contributed by atoms with Gasteiger partial charge >= 0.3 is 0 Å². The first-order chi connectivity index (χ1) is 15.3. The third kappa shape index (κ3) is 3.92. The fourth-order valence-electron chi connectivity index (χ4n) is 3.98. The molecule has 0 bridgehead atoms. The largest absolute Gasteiger partial charge is 0.302 e. The number of thiazole rings is 2. The average molecular weight is 487 g/mol. The molecule has 4 aromatic rings. The van der Waals surface area contributed by atoms with Gasteiger partial charge < -0.3 is 5.32 Å². The van der Waals surface area contributed by atoms with Gasteiger partial charge in [0.2, 0.25) is 15.9 Å². The molecule has 166 valence electrons. The molecular formula is C22H22N4O3S3. The molecule has 1 N–H and O–H groups in total. The van der Waals surface area contributed by atoms with Crippen LogP contribution < -0.4 is 5.32 Å². The van der Waals surface area contributed by atoms with Crippen molar-refractivity contribution >= 4 is 64.2 Å². The molecule has 5 rings (SSSR count). The van der Waals surface area contributed by atoms with Gasteiger partial charge in [0.15, 0.2) is 5.13 Å². The number of hydrogen-bond acceptors (Lipinski definition) is 7. The summed E-state index contributed by atoms with van der Waals surface area (Å²) >= 11 is 3.04. The van der Waals surface area contributed by atoms with E-state index in [0.29, 0.717) is 24.5 Å². The molecule has 1 atom stereocenters. The smallest absolute Gasteiger partial charge is 0.243 e. The fourth-order valence-corrected chi connectivity index (χ4v) is 7.37. The van der Waals surface area contributed by atoms with Crippen LogP contribution in [0.2, 0.25) is 0 Å². The second kappa shape index (κ2) is 8.18. The lowest BCUT2D eigenvalue weighted by molar-refractivity contribution is -0.120. The van der Waals surface area contributed by atoms with Crippen molar-refractivity contribution in [3.63, 3.8) is 0 Å². The maximum Gasteiger partial charge on any atom is 0.243 e. The SMILES string of the molecule is Cc1ccc(S(=O)(=O)N2CCCC(C(=O)Nc3nc4ccc5sc(C)nc5c4s3)C2)cc1. The van der Waals surface area contributed by atoms with E-state index in [1.54, 1.807) is 35.6 Å². The summed E-state index contributed by atoms with van der Waals surface area (Å²) in [5, 5.41) is 4.42. The van der Waals surface area contributed by atoms with Gasteiger partial charge in [0.25, 0.3) is 0 Å². The Morgan fingerprint density at radius 2 is 1.88 bits per heavy atom. The molecule has 0 spiro atoms. The van der Waals surface area contributed by atoms with Gasteiger partial charge in [0.1, 0.15) is 5.52 Å². The van der Waals surface area contributed by atoms with E-state index in [1.165, 1.54) is 15.6 Å². The number of nitrogens with zero attached hydrogens (tertiary/aromatic N) is 3. The Kier molecular flexibility index (Phi) is 5.48. The lowest BCUT2D eigenvalue weighted by Crippen LogP contribution is -2.43. The number of fused-ring (bicyclic) bond motifs is 3. The first-order valence-electron chi connectivity index (χ1n) is 10.4. The summed E-state index contributed by atoms with van der Waals surface area (Å²) in [5.74, 6) is -0.615. The highest BCUT2D eigenvalue weighted by Gasteiger charge is 2.33. The van der Waals surface area contributed by atoms with E-state index in [-0.39, 0.29) is 17.3 Å². The van der Waals surface area contributed by atoms with E-state index in [9.17, 15) is 13.2 Å². The number of amides is 1. The molecule has 10 heteroatoms. The zero-order valence-electron chi connectivity index (χ0n) is 17.7. The summed E-state index contributed by atoms with van der Waals surface area (Å²) in [4.78, 5) is 22.4. The molecule has 3 heterocycles. The van der Waals surface area contributed by atoms with E-state index >= 15 is 0 Å². The highest BCUT2D eigenvalue weighted by atomic mass is 32.2. The van der Waals surface area contributed by atoms with Crippen LogP contribution in [0.15, 0.2) is 41.3 Å². The van der Waals surface area contributed by atoms with Gasteiger partial charge in [-0.25, -0.2) is 18.4 Å². The lowest BCUT2D eigenvalue weighted by Gasteiger charge is -2.31. The maximum atomic E-state index is 13.0. The number of aromatic nitrogens is 2. The third-order valence-electron chi connectivity index (χ3n) is 5.67. The molecule has 1 unspecified atom stereocenters. The molecule has 1 amide bonds. The summed E-state index contributed by atoms with van der Waals surface area (Å²) in [6, 6.07) is 10.8. The van der Waals surface area contributed by atoms with Crippen LogP contribution in [0.25, 0.3) is 20.4 Å². The number of benzene rings is 2. The fraction of sp³-hybridized carbons (Fsp3) is 0.318. The molecule has 2 aromatic carbocycles. The van der Waals surface area contributed by atoms with Gasteiger partial charge in [-0.1, -0.05) is 29.0 Å². The van der Waals surface area contributed by atoms with Gasteiger partial charge in [-0.05, 0) is 51.0 Å². The van der Waals surface area contributed by atoms with Gasteiger partial charge in [0, 0.05) is 13.1 Å². The minimum absolute atomic E-state index is 0.169. The molecule has 7 nitrogen and oxygen atoms in total. The number of aryl methyl sites for hydroxylation is 2. The zero-order valence-corrected chi connectivity index (χ0v) is 20.1. The average Bonchev–Trinajstić information content (AvgIpc) is 3.36. The maximum absolute atomic E-state index is 13.0. The van der Waals surface area contributed by atoms with E-state index in [4.69, 9.17) is 0 Å².